The molecule has 0 saturated heterocycles. The van der Waals surface area contributed by atoms with Crippen molar-refractivity contribution in [1.82, 2.24) is 14.9 Å². The minimum Gasteiger partial charge on any atom is -0.508 e. The van der Waals surface area contributed by atoms with Crippen LogP contribution in [0, 0.1) is 6.92 Å². The summed E-state index contributed by atoms with van der Waals surface area (Å²) in [5, 5.41) is 13.3. The molecule has 0 aliphatic heterocycles. The summed E-state index contributed by atoms with van der Waals surface area (Å²) in [6.45, 7) is 1.84. The number of fused-ring (bicyclic) bond motifs is 1. The van der Waals surface area contributed by atoms with E-state index in [4.69, 9.17) is 0 Å². The number of halogens is 3. The molecule has 2 heterocycles. The highest BCUT2D eigenvalue weighted by Gasteiger charge is 2.30. The lowest BCUT2D eigenvalue weighted by Crippen LogP contribution is -2.23. The molecule has 0 radical (unpaired) electrons. The van der Waals surface area contributed by atoms with E-state index in [-0.39, 0.29) is 12.3 Å². The second-order valence-electron chi connectivity index (χ2n) is 7.06. The number of hydrogen-bond donors (Lipinski definition) is 2. The van der Waals surface area contributed by atoms with Gasteiger partial charge in [0.1, 0.15) is 11.6 Å². The van der Waals surface area contributed by atoms with Crippen molar-refractivity contribution in [3.05, 3.63) is 89.2 Å². The number of pyridine rings is 1. The fourth-order valence-electron chi connectivity index (χ4n) is 3.56. The Balaban J connectivity index is 1.67. The first-order chi connectivity index (χ1) is 14.8. The van der Waals surface area contributed by atoms with Crippen molar-refractivity contribution in [3.8, 4) is 11.6 Å². The van der Waals surface area contributed by atoms with Crippen LogP contribution in [0.3, 0.4) is 0 Å². The molecule has 158 valence electrons. The van der Waals surface area contributed by atoms with Crippen LogP contribution in [0.5, 0.6) is 5.75 Å². The van der Waals surface area contributed by atoms with Gasteiger partial charge in [-0.2, -0.15) is 13.2 Å². The number of rotatable bonds is 4. The summed E-state index contributed by atoms with van der Waals surface area (Å²) in [5.74, 6) is 0.239. The van der Waals surface area contributed by atoms with E-state index >= 15 is 0 Å². The Bertz CT molecular complexity index is 1250. The van der Waals surface area contributed by atoms with Gasteiger partial charge in [-0.25, -0.2) is 4.98 Å². The lowest BCUT2D eigenvalue weighted by Gasteiger charge is -2.09. The number of nitrogens with one attached hydrogen (secondary N) is 1. The number of aromatic hydroxyl groups is 1. The molecular weight excluding hydrogens is 407 g/mol. The van der Waals surface area contributed by atoms with Crippen LogP contribution in [-0.4, -0.2) is 20.6 Å². The molecule has 31 heavy (non-hydrogen) atoms. The predicted octanol–water partition coefficient (Wildman–Crippen LogP) is 4.99. The van der Waals surface area contributed by atoms with E-state index < -0.39 is 17.6 Å². The van der Waals surface area contributed by atoms with Crippen LogP contribution < -0.4 is 5.32 Å². The van der Waals surface area contributed by atoms with Gasteiger partial charge in [0.25, 0.3) is 5.91 Å². The fraction of sp³-hybridized carbons (Fsp3) is 0.130. The number of carbonyl (C=O) groups excluding carboxylic acids is 1. The number of phenolic OH excluding ortho intramolecular Hbond substituents is 1. The van der Waals surface area contributed by atoms with Crippen LogP contribution in [0.1, 0.15) is 27.2 Å². The number of aromatic nitrogens is 2. The number of amides is 1. The van der Waals surface area contributed by atoms with E-state index in [1.54, 1.807) is 25.3 Å². The average molecular weight is 425 g/mol. The van der Waals surface area contributed by atoms with Crippen molar-refractivity contribution in [3.63, 3.8) is 0 Å². The molecule has 0 fully saturated rings. The molecule has 8 heteroatoms. The summed E-state index contributed by atoms with van der Waals surface area (Å²) in [7, 11) is 0. The van der Waals surface area contributed by atoms with Gasteiger partial charge >= 0.3 is 6.18 Å². The van der Waals surface area contributed by atoms with Crippen LogP contribution in [0.25, 0.3) is 16.7 Å². The van der Waals surface area contributed by atoms with Crippen LogP contribution in [0.4, 0.5) is 13.2 Å². The zero-order chi connectivity index (χ0) is 22.2. The third-order valence-corrected chi connectivity index (χ3v) is 5.03. The zero-order valence-electron chi connectivity index (χ0n) is 16.4. The number of carbonyl (C=O) groups is 1. The first-order valence-electron chi connectivity index (χ1n) is 9.45. The lowest BCUT2D eigenvalue weighted by molar-refractivity contribution is -0.137. The van der Waals surface area contributed by atoms with Crippen molar-refractivity contribution < 1.29 is 23.1 Å². The zero-order valence-corrected chi connectivity index (χ0v) is 16.4. The largest absolute Gasteiger partial charge is 0.508 e. The second kappa shape index (κ2) is 7.79. The maximum atomic E-state index is 13.0. The molecule has 2 N–H and O–H groups in total. The number of alkyl halides is 3. The van der Waals surface area contributed by atoms with Gasteiger partial charge in [-0.1, -0.05) is 18.2 Å². The summed E-state index contributed by atoms with van der Waals surface area (Å²) in [5.41, 5.74) is 1.49. The summed E-state index contributed by atoms with van der Waals surface area (Å²) in [4.78, 5) is 17.4. The smallest absolute Gasteiger partial charge is 0.416 e. The van der Waals surface area contributed by atoms with E-state index in [0.717, 1.165) is 12.1 Å². The molecule has 4 aromatic rings. The van der Waals surface area contributed by atoms with Gasteiger partial charge in [0.2, 0.25) is 0 Å². The Labute approximate surface area is 175 Å². The quantitative estimate of drug-likeness (QED) is 0.484. The Morgan fingerprint density at radius 2 is 1.84 bits per heavy atom. The third-order valence-electron chi connectivity index (χ3n) is 5.03. The van der Waals surface area contributed by atoms with E-state index in [1.165, 1.54) is 24.3 Å². The van der Waals surface area contributed by atoms with Gasteiger partial charge in [0.15, 0.2) is 0 Å². The van der Waals surface area contributed by atoms with Crippen molar-refractivity contribution in [2.75, 3.05) is 0 Å². The molecule has 2 aromatic heterocycles. The van der Waals surface area contributed by atoms with Gasteiger partial charge in [-0.3, -0.25) is 9.36 Å². The minimum absolute atomic E-state index is 0.0162. The second-order valence-corrected chi connectivity index (χ2v) is 7.06. The van der Waals surface area contributed by atoms with Crippen molar-refractivity contribution in [1.29, 1.82) is 0 Å². The molecule has 0 bridgehead atoms. The van der Waals surface area contributed by atoms with Crippen LogP contribution in [-0.2, 0) is 12.7 Å². The standard InChI is InChI=1S/C23H18F3N3O2/c1-14-21(22(31)28-13-15-5-7-16(8-6-15)23(24,25)26)18-12-17(30)9-10-19(18)29(14)20-4-2-3-11-27-20/h2-12,30H,13H2,1H3,(H,28,31). The van der Waals surface area contributed by atoms with Gasteiger partial charge < -0.3 is 10.4 Å². The minimum atomic E-state index is -4.41. The van der Waals surface area contributed by atoms with Crippen molar-refractivity contribution in [2.45, 2.75) is 19.6 Å². The maximum Gasteiger partial charge on any atom is 0.416 e. The first kappa shape index (κ1) is 20.5. The van der Waals surface area contributed by atoms with Crippen LogP contribution >= 0.6 is 0 Å². The molecule has 1 amide bonds. The Morgan fingerprint density at radius 3 is 2.48 bits per heavy atom. The van der Waals surface area contributed by atoms with Crippen molar-refractivity contribution >= 4 is 16.8 Å². The Kier molecular flexibility index (Phi) is 5.14. The summed E-state index contributed by atoms with van der Waals surface area (Å²) in [6, 6.07) is 14.8. The summed E-state index contributed by atoms with van der Waals surface area (Å²) < 4.78 is 40.0. The van der Waals surface area contributed by atoms with Gasteiger partial charge in [-0.15, -0.1) is 0 Å². The number of nitrogens with zero attached hydrogens (tertiary/aromatic N) is 2. The van der Waals surface area contributed by atoms with Crippen LogP contribution in [0.15, 0.2) is 66.9 Å². The fourth-order valence-corrected chi connectivity index (χ4v) is 3.56. The molecular formula is C23H18F3N3O2. The SMILES string of the molecule is Cc1c(C(=O)NCc2ccc(C(F)(F)F)cc2)c2cc(O)ccc2n1-c1ccccn1. The Hall–Kier alpha value is -3.81. The molecule has 2 aromatic carbocycles. The third kappa shape index (κ3) is 3.96. The molecule has 0 atom stereocenters. The average Bonchev–Trinajstić information content (AvgIpc) is 3.03. The predicted molar refractivity (Wildman–Crippen MR) is 110 cm³/mol. The number of phenols is 1. The highest BCUT2D eigenvalue weighted by atomic mass is 19.4. The first-order valence-corrected chi connectivity index (χ1v) is 9.45. The van der Waals surface area contributed by atoms with Crippen LogP contribution in [0.2, 0.25) is 0 Å². The van der Waals surface area contributed by atoms with Crippen molar-refractivity contribution in [2.24, 2.45) is 0 Å². The highest BCUT2D eigenvalue weighted by Crippen LogP contribution is 2.31. The molecule has 4 rings (SSSR count). The summed E-state index contributed by atoms with van der Waals surface area (Å²) >= 11 is 0. The number of benzene rings is 2. The monoisotopic (exact) mass is 425 g/mol. The van der Waals surface area contributed by atoms with Gasteiger partial charge in [0, 0.05) is 23.8 Å². The molecule has 0 aliphatic rings. The van der Waals surface area contributed by atoms with E-state index in [2.05, 4.69) is 10.3 Å². The van der Waals surface area contributed by atoms with Gasteiger partial charge in [0.05, 0.1) is 16.6 Å². The van der Waals surface area contributed by atoms with E-state index in [1.807, 2.05) is 16.7 Å². The van der Waals surface area contributed by atoms with E-state index in [9.17, 15) is 23.1 Å². The molecule has 0 aliphatic carbocycles. The normalized spacial score (nSPS) is 11.6. The molecule has 0 spiro atoms. The topological polar surface area (TPSA) is 67.2 Å². The summed E-state index contributed by atoms with van der Waals surface area (Å²) in [6.07, 6.45) is -2.76. The maximum absolute atomic E-state index is 13.0. The van der Waals surface area contributed by atoms with Gasteiger partial charge in [-0.05, 0) is 55.0 Å². The molecule has 0 saturated carbocycles. The molecule has 5 nitrogen and oxygen atoms in total. The van der Waals surface area contributed by atoms with E-state index in [0.29, 0.717) is 33.5 Å². The molecule has 0 unspecified atom stereocenters. The highest BCUT2D eigenvalue weighted by molar-refractivity contribution is 6.09. The Morgan fingerprint density at radius 1 is 1.10 bits per heavy atom. The number of hydrogen-bond acceptors (Lipinski definition) is 3. The lowest BCUT2D eigenvalue weighted by atomic mass is 10.1.